The van der Waals surface area contributed by atoms with Crippen LogP contribution in [-0.2, 0) is 4.79 Å². The third kappa shape index (κ3) is 4.56. The lowest BCUT2D eigenvalue weighted by molar-refractivity contribution is -0.113. The van der Waals surface area contributed by atoms with E-state index in [1.807, 2.05) is 59.6 Å². The largest absolute Gasteiger partial charge is 0.322 e. The molecule has 158 valence electrons. The number of hydrogen-bond donors (Lipinski definition) is 1. The standard InChI is InChI=1S/C24H25N5OS/c1-16-12-17(2)14-21(13-16)28-11-10-25-24(28)31-15-22(30)26-23-18(3)27-29(19(23)4)20-8-6-5-7-9-20/h5-14H,15H2,1-4H3,(H,26,30). The molecule has 0 unspecified atom stereocenters. The first kappa shape index (κ1) is 20.9. The topological polar surface area (TPSA) is 64.7 Å². The van der Waals surface area contributed by atoms with Gasteiger partial charge in [0.1, 0.15) is 0 Å². The van der Waals surface area contributed by atoms with E-state index in [4.69, 9.17) is 0 Å². The number of carbonyl (C=O) groups excluding carboxylic acids is 1. The minimum Gasteiger partial charge on any atom is -0.322 e. The van der Waals surface area contributed by atoms with Gasteiger partial charge < -0.3 is 5.32 Å². The Kier molecular flexibility index (Phi) is 5.95. The van der Waals surface area contributed by atoms with E-state index in [-0.39, 0.29) is 11.7 Å². The zero-order valence-corrected chi connectivity index (χ0v) is 18.9. The lowest BCUT2D eigenvalue weighted by Gasteiger charge is -2.10. The number of benzene rings is 2. The molecule has 7 heteroatoms. The van der Waals surface area contributed by atoms with E-state index in [9.17, 15) is 4.79 Å². The maximum absolute atomic E-state index is 12.7. The van der Waals surface area contributed by atoms with Gasteiger partial charge in [-0.05, 0) is 63.1 Å². The van der Waals surface area contributed by atoms with Gasteiger partial charge in [-0.25, -0.2) is 9.67 Å². The quantitative estimate of drug-likeness (QED) is 0.435. The normalized spacial score (nSPS) is 11.0. The van der Waals surface area contributed by atoms with Gasteiger partial charge in [0.05, 0.1) is 28.5 Å². The van der Waals surface area contributed by atoms with Gasteiger partial charge in [-0.2, -0.15) is 5.10 Å². The summed E-state index contributed by atoms with van der Waals surface area (Å²) in [7, 11) is 0. The molecular formula is C24H25N5OS. The summed E-state index contributed by atoms with van der Waals surface area (Å²) in [6.45, 7) is 8.02. The lowest BCUT2D eigenvalue weighted by atomic mass is 10.1. The summed E-state index contributed by atoms with van der Waals surface area (Å²) >= 11 is 1.42. The minimum absolute atomic E-state index is 0.0845. The van der Waals surface area contributed by atoms with Gasteiger partial charge >= 0.3 is 0 Å². The number of nitrogens with zero attached hydrogens (tertiary/aromatic N) is 4. The van der Waals surface area contributed by atoms with Crippen molar-refractivity contribution in [1.29, 1.82) is 0 Å². The first-order valence-electron chi connectivity index (χ1n) is 10.1. The molecule has 31 heavy (non-hydrogen) atoms. The molecule has 6 nitrogen and oxygen atoms in total. The fraction of sp³-hybridized carbons (Fsp3) is 0.208. The van der Waals surface area contributed by atoms with Crippen LogP contribution in [0.2, 0.25) is 0 Å². The number of imidazole rings is 1. The van der Waals surface area contributed by atoms with E-state index in [0.717, 1.165) is 33.6 Å². The van der Waals surface area contributed by atoms with Gasteiger partial charge in [0, 0.05) is 18.1 Å². The molecule has 0 bridgehead atoms. The van der Waals surface area contributed by atoms with Crippen LogP contribution < -0.4 is 5.32 Å². The van der Waals surface area contributed by atoms with Crippen LogP contribution >= 0.6 is 11.8 Å². The SMILES string of the molecule is Cc1cc(C)cc(-n2ccnc2SCC(=O)Nc2c(C)nn(-c3ccccc3)c2C)c1. The smallest absolute Gasteiger partial charge is 0.234 e. The van der Waals surface area contributed by atoms with Crippen molar-refractivity contribution in [2.45, 2.75) is 32.9 Å². The summed E-state index contributed by atoms with van der Waals surface area (Å²) in [6.07, 6.45) is 3.68. The molecule has 0 radical (unpaired) electrons. The monoisotopic (exact) mass is 431 g/mol. The predicted molar refractivity (Wildman–Crippen MR) is 125 cm³/mol. The highest BCUT2D eigenvalue weighted by molar-refractivity contribution is 7.99. The molecule has 0 spiro atoms. The average Bonchev–Trinajstić information content (AvgIpc) is 3.32. The van der Waals surface area contributed by atoms with Crippen molar-refractivity contribution >= 4 is 23.4 Å². The number of carbonyl (C=O) groups is 1. The first-order valence-corrected chi connectivity index (χ1v) is 11.1. The van der Waals surface area contributed by atoms with E-state index >= 15 is 0 Å². The van der Waals surface area contributed by atoms with Crippen LogP contribution in [0, 0.1) is 27.7 Å². The molecule has 2 aromatic heterocycles. The summed E-state index contributed by atoms with van der Waals surface area (Å²) in [5.74, 6) is 0.177. The maximum atomic E-state index is 12.7. The summed E-state index contributed by atoms with van der Waals surface area (Å²) in [5, 5.41) is 8.41. The fourth-order valence-corrected chi connectivity index (χ4v) is 4.41. The summed E-state index contributed by atoms with van der Waals surface area (Å²) in [6, 6.07) is 16.3. The van der Waals surface area contributed by atoms with Gasteiger partial charge in [-0.15, -0.1) is 0 Å². The average molecular weight is 432 g/mol. The van der Waals surface area contributed by atoms with Crippen molar-refractivity contribution < 1.29 is 4.79 Å². The van der Waals surface area contributed by atoms with Gasteiger partial charge in [0.25, 0.3) is 0 Å². The molecule has 0 aliphatic carbocycles. The van der Waals surface area contributed by atoms with Gasteiger partial charge in [-0.1, -0.05) is 36.0 Å². The Bertz CT molecular complexity index is 1210. The summed E-state index contributed by atoms with van der Waals surface area (Å²) in [4.78, 5) is 17.1. The van der Waals surface area contributed by atoms with E-state index in [2.05, 4.69) is 47.4 Å². The number of hydrogen-bond acceptors (Lipinski definition) is 4. The molecular weight excluding hydrogens is 406 g/mol. The minimum atomic E-state index is -0.0845. The number of amides is 1. The Morgan fingerprint density at radius 1 is 1.00 bits per heavy atom. The molecule has 0 aliphatic heterocycles. The highest BCUT2D eigenvalue weighted by atomic mass is 32.2. The molecule has 0 saturated carbocycles. The number of nitrogens with one attached hydrogen (secondary N) is 1. The molecule has 4 rings (SSSR count). The second kappa shape index (κ2) is 8.81. The molecule has 1 amide bonds. The van der Waals surface area contributed by atoms with Crippen molar-refractivity contribution in [2.75, 3.05) is 11.1 Å². The Morgan fingerprint density at radius 2 is 1.71 bits per heavy atom. The van der Waals surface area contributed by atoms with Crippen LogP contribution in [0.4, 0.5) is 5.69 Å². The number of para-hydroxylation sites is 1. The van der Waals surface area contributed by atoms with Crippen LogP contribution in [0.1, 0.15) is 22.5 Å². The Hall–Kier alpha value is -3.32. The van der Waals surface area contributed by atoms with E-state index in [0.29, 0.717) is 0 Å². The molecule has 1 N–H and O–H groups in total. The first-order chi connectivity index (χ1) is 14.9. The zero-order valence-electron chi connectivity index (χ0n) is 18.1. The molecule has 0 atom stereocenters. The van der Waals surface area contributed by atoms with Crippen LogP contribution in [0.15, 0.2) is 66.1 Å². The van der Waals surface area contributed by atoms with Crippen molar-refractivity contribution in [1.82, 2.24) is 19.3 Å². The number of anilines is 1. The van der Waals surface area contributed by atoms with E-state index in [1.165, 1.54) is 22.9 Å². The Balaban J connectivity index is 1.47. The molecule has 0 aliphatic rings. The number of rotatable bonds is 6. The molecule has 0 saturated heterocycles. The van der Waals surface area contributed by atoms with Crippen molar-refractivity contribution in [3.8, 4) is 11.4 Å². The summed E-state index contributed by atoms with van der Waals surface area (Å²) in [5.41, 5.74) is 6.85. The van der Waals surface area contributed by atoms with Crippen LogP contribution in [-0.4, -0.2) is 31.0 Å². The third-order valence-corrected chi connectivity index (χ3v) is 5.95. The van der Waals surface area contributed by atoms with Crippen molar-refractivity contribution in [3.63, 3.8) is 0 Å². The Labute approximate surface area is 186 Å². The highest BCUT2D eigenvalue weighted by Crippen LogP contribution is 2.25. The van der Waals surface area contributed by atoms with Crippen LogP contribution in [0.25, 0.3) is 11.4 Å². The van der Waals surface area contributed by atoms with Gasteiger partial charge in [0.2, 0.25) is 5.91 Å². The lowest BCUT2D eigenvalue weighted by Crippen LogP contribution is -2.15. The van der Waals surface area contributed by atoms with Crippen molar-refractivity contribution in [2.24, 2.45) is 0 Å². The highest BCUT2D eigenvalue weighted by Gasteiger charge is 2.16. The summed E-state index contributed by atoms with van der Waals surface area (Å²) < 4.78 is 3.87. The molecule has 4 aromatic rings. The zero-order chi connectivity index (χ0) is 22.0. The number of aromatic nitrogens is 4. The Morgan fingerprint density at radius 3 is 2.42 bits per heavy atom. The third-order valence-electron chi connectivity index (χ3n) is 4.98. The van der Waals surface area contributed by atoms with Crippen LogP contribution in [0.5, 0.6) is 0 Å². The maximum Gasteiger partial charge on any atom is 0.234 e. The molecule has 0 fully saturated rings. The fourth-order valence-electron chi connectivity index (χ4n) is 3.63. The van der Waals surface area contributed by atoms with Crippen LogP contribution in [0.3, 0.4) is 0 Å². The van der Waals surface area contributed by atoms with E-state index < -0.39 is 0 Å². The molecule has 2 aromatic carbocycles. The van der Waals surface area contributed by atoms with E-state index in [1.54, 1.807) is 6.20 Å². The van der Waals surface area contributed by atoms with Gasteiger partial charge in [0.15, 0.2) is 5.16 Å². The second-order valence-electron chi connectivity index (χ2n) is 7.56. The van der Waals surface area contributed by atoms with Gasteiger partial charge in [-0.3, -0.25) is 9.36 Å². The number of aryl methyl sites for hydroxylation is 3. The molecule has 2 heterocycles. The second-order valence-corrected chi connectivity index (χ2v) is 8.50. The predicted octanol–water partition coefficient (Wildman–Crippen LogP) is 5.02. The number of thioether (sulfide) groups is 1. The van der Waals surface area contributed by atoms with Crippen molar-refractivity contribution in [3.05, 3.63) is 83.4 Å².